The van der Waals surface area contributed by atoms with Crippen LogP contribution in [0.15, 0.2) is 17.4 Å². The normalized spacial score (nSPS) is 26.9. The predicted molar refractivity (Wildman–Crippen MR) is 61.2 cm³/mol. The van der Waals surface area contributed by atoms with Crippen LogP contribution in [-0.4, -0.2) is 59.8 Å². The van der Waals surface area contributed by atoms with Crippen LogP contribution in [0.25, 0.3) is 11.2 Å². The minimum absolute atomic E-state index is 0. The molecule has 2 aromatic heterocycles. The van der Waals surface area contributed by atoms with Gasteiger partial charge in [0, 0.05) is 132 Å². The van der Waals surface area contributed by atoms with Crippen LogP contribution in [0.5, 0.6) is 0 Å². The van der Waals surface area contributed by atoms with Crippen LogP contribution >= 0.6 is 0 Å². The van der Waals surface area contributed by atoms with E-state index in [9.17, 15) is 15.0 Å². The molecule has 0 bridgehead atoms. The zero-order chi connectivity index (χ0) is 13.6. The number of hydrogen-bond acceptors (Lipinski definition) is 7. The molecule has 2 aromatic rings. The van der Waals surface area contributed by atoms with E-state index in [1.54, 1.807) is 0 Å². The third kappa shape index (κ3) is 4.62. The summed E-state index contributed by atoms with van der Waals surface area (Å²) >= 11 is 0. The van der Waals surface area contributed by atoms with Crippen molar-refractivity contribution in [3.8, 4) is 0 Å². The average molecular weight is 949 g/mol. The molecule has 0 aliphatic carbocycles. The second-order valence-corrected chi connectivity index (χ2v) is 4.28. The summed E-state index contributed by atoms with van der Waals surface area (Å²) in [6.45, 7) is -0.421. The van der Waals surface area contributed by atoms with Crippen molar-refractivity contribution in [1.82, 2.24) is 19.5 Å². The quantitative estimate of drug-likeness (QED) is 0.268. The average Bonchev–Trinajstić information content (AvgIpc) is 2.94. The Kier molecular flexibility index (Phi) is 11.8. The van der Waals surface area contributed by atoms with Gasteiger partial charge in [0.05, 0.1) is 19.3 Å². The molecule has 4 unspecified atom stereocenters. The molecule has 0 amide bonds. The van der Waals surface area contributed by atoms with Gasteiger partial charge in [0.1, 0.15) is 18.3 Å². The second-order valence-electron chi connectivity index (χ2n) is 4.28. The van der Waals surface area contributed by atoms with E-state index >= 15 is 0 Å². The maximum Gasteiger partial charge on any atom is 0.278 e. The van der Waals surface area contributed by atoms with Crippen molar-refractivity contribution in [2.24, 2.45) is 0 Å². The molecule has 3 heterocycles. The van der Waals surface area contributed by atoms with Gasteiger partial charge in [-0.1, -0.05) is 0 Å². The molecule has 111 valence electrons. The smallest absolute Gasteiger partial charge is 0.278 e. The van der Waals surface area contributed by atoms with Crippen LogP contribution in [-0.2, 0) is 4.74 Å². The number of nitrogens with zero attached hydrogens (tertiary/aromatic N) is 3. The Balaban J connectivity index is 0.00000147. The van der Waals surface area contributed by atoms with Crippen LogP contribution in [0, 0.1) is 132 Å². The number of H-pyrrole nitrogens is 1. The Morgan fingerprint density at radius 3 is 2.50 bits per heavy atom. The summed E-state index contributed by atoms with van der Waals surface area (Å²) in [6, 6.07) is 0. The summed E-state index contributed by atoms with van der Waals surface area (Å²) < 4.78 is 6.70. The number of fused-ring (bicyclic) bond motifs is 1. The number of aliphatic hydroxyl groups excluding tert-OH is 3. The molecule has 3 radical (unpaired) electrons. The van der Waals surface area contributed by atoms with E-state index in [0.717, 1.165) is 0 Å². The molecule has 1 aliphatic rings. The molecular formula is C10H12Ac3N4O5. The van der Waals surface area contributed by atoms with Crippen molar-refractivity contribution in [2.45, 2.75) is 24.5 Å². The fourth-order valence-electron chi connectivity index (χ4n) is 2.16. The first-order valence-electron chi connectivity index (χ1n) is 5.66. The molecule has 0 saturated carbocycles. The third-order valence-corrected chi connectivity index (χ3v) is 3.16. The van der Waals surface area contributed by atoms with E-state index in [4.69, 9.17) is 9.84 Å². The molecule has 1 aliphatic heterocycles. The van der Waals surface area contributed by atoms with Crippen molar-refractivity contribution < 1.29 is 152 Å². The van der Waals surface area contributed by atoms with Crippen molar-refractivity contribution in [3.05, 3.63) is 23.0 Å². The number of aromatic nitrogens is 4. The van der Waals surface area contributed by atoms with Gasteiger partial charge in [-0.25, -0.2) is 9.97 Å². The van der Waals surface area contributed by atoms with Crippen LogP contribution < -0.4 is 5.56 Å². The fraction of sp³-hybridized carbons (Fsp3) is 0.500. The fourth-order valence-corrected chi connectivity index (χ4v) is 2.16. The summed E-state index contributed by atoms with van der Waals surface area (Å²) in [4.78, 5) is 21.8. The van der Waals surface area contributed by atoms with Gasteiger partial charge in [-0.15, -0.1) is 0 Å². The van der Waals surface area contributed by atoms with Gasteiger partial charge < -0.3 is 25.0 Å². The van der Waals surface area contributed by atoms with Crippen molar-refractivity contribution in [3.63, 3.8) is 0 Å². The number of aromatic amines is 1. The van der Waals surface area contributed by atoms with Crippen molar-refractivity contribution >= 4 is 11.2 Å². The molecule has 1 saturated heterocycles. The van der Waals surface area contributed by atoms with E-state index in [0.29, 0.717) is 0 Å². The molecular weight excluding hydrogens is 937 g/mol. The van der Waals surface area contributed by atoms with E-state index in [1.165, 1.54) is 17.2 Å². The van der Waals surface area contributed by atoms with Crippen LogP contribution in [0.1, 0.15) is 6.23 Å². The van der Waals surface area contributed by atoms with Crippen molar-refractivity contribution in [1.29, 1.82) is 0 Å². The van der Waals surface area contributed by atoms with E-state index in [2.05, 4.69) is 15.0 Å². The van der Waals surface area contributed by atoms with Gasteiger partial charge in [-0.2, -0.15) is 0 Å². The molecule has 4 atom stereocenters. The number of imidazole rings is 1. The monoisotopic (exact) mass is 949 g/mol. The van der Waals surface area contributed by atoms with Gasteiger partial charge in [0.25, 0.3) is 5.56 Å². The van der Waals surface area contributed by atoms with E-state index in [-0.39, 0.29) is 143 Å². The molecule has 0 aromatic carbocycles. The minimum Gasteiger partial charge on any atom is -0.394 e. The number of nitrogens with one attached hydrogen (secondary N) is 1. The molecule has 22 heavy (non-hydrogen) atoms. The first-order chi connectivity index (χ1) is 9.13. The largest absolute Gasteiger partial charge is 0.394 e. The number of hydrogen-bond donors (Lipinski definition) is 4. The van der Waals surface area contributed by atoms with Crippen molar-refractivity contribution in [2.75, 3.05) is 6.61 Å². The molecule has 9 nitrogen and oxygen atoms in total. The SMILES string of the molecule is O=c1[nH]cnc2c1ncn2C1OC(CO)C(O)C1O.[Ac].[Ac].[Ac]. The second kappa shape index (κ2) is 10.6. The first kappa shape index (κ1) is 24.5. The number of ether oxygens (including phenoxy) is 1. The van der Waals surface area contributed by atoms with Gasteiger partial charge in [0.15, 0.2) is 17.4 Å². The van der Waals surface area contributed by atoms with Gasteiger partial charge in [-0.3, -0.25) is 9.36 Å². The Morgan fingerprint density at radius 2 is 1.91 bits per heavy atom. The Morgan fingerprint density at radius 1 is 1.23 bits per heavy atom. The Bertz CT molecular complexity index is 665. The summed E-state index contributed by atoms with van der Waals surface area (Å²) in [5.41, 5.74) is -0.0608. The van der Waals surface area contributed by atoms with Crippen LogP contribution in [0.2, 0.25) is 0 Å². The Labute approximate surface area is 232 Å². The molecule has 3 rings (SSSR count). The van der Waals surface area contributed by atoms with Gasteiger partial charge in [-0.05, 0) is 0 Å². The zero-order valence-corrected chi connectivity index (χ0v) is 25.6. The summed E-state index contributed by atoms with van der Waals surface area (Å²) in [7, 11) is 0. The van der Waals surface area contributed by atoms with E-state index in [1.807, 2.05) is 0 Å². The number of aliphatic hydroxyl groups is 3. The maximum atomic E-state index is 11.5. The molecule has 0 spiro atoms. The van der Waals surface area contributed by atoms with Crippen LogP contribution in [0.4, 0.5) is 0 Å². The predicted octanol–water partition coefficient (Wildman–Crippen LogP) is -2.27. The summed E-state index contributed by atoms with van der Waals surface area (Å²) in [5.74, 6) is 0. The third-order valence-electron chi connectivity index (χ3n) is 3.16. The standard InChI is InChI=1S/C10H12N4O5.3Ac/c15-1-4-6(16)7(17)10(19-4)14-3-13-5-8(14)11-2-12-9(5)18;;;/h2-4,6-7,10,15-17H,1H2,(H,11,12,18);;;. The molecule has 1 fully saturated rings. The summed E-state index contributed by atoms with van der Waals surface area (Å²) in [6.07, 6.45) is -1.78. The molecule has 4 N–H and O–H groups in total. The minimum atomic E-state index is -1.24. The Hall–Kier alpha value is 2.51. The zero-order valence-electron chi connectivity index (χ0n) is 11.4. The van der Waals surface area contributed by atoms with Gasteiger partial charge >= 0.3 is 0 Å². The topological polar surface area (TPSA) is 133 Å². The van der Waals surface area contributed by atoms with E-state index < -0.39 is 36.7 Å². The maximum absolute atomic E-state index is 11.5. The first-order valence-corrected chi connectivity index (χ1v) is 5.66. The molecule has 12 heteroatoms. The summed E-state index contributed by atoms with van der Waals surface area (Å²) in [5, 5.41) is 28.6. The van der Waals surface area contributed by atoms with Crippen LogP contribution in [0.3, 0.4) is 0 Å². The number of rotatable bonds is 2. The van der Waals surface area contributed by atoms with Gasteiger partial charge in [0.2, 0.25) is 0 Å².